The Hall–Kier alpha value is -1.06. The van der Waals surface area contributed by atoms with Gasteiger partial charge in [0.2, 0.25) is 0 Å². The van der Waals surface area contributed by atoms with Gasteiger partial charge in [-0.15, -0.1) is 0 Å². The van der Waals surface area contributed by atoms with Gasteiger partial charge in [-0.3, -0.25) is 4.90 Å². The first-order valence-corrected chi connectivity index (χ1v) is 7.81. The predicted octanol–water partition coefficient (Wildman–Crippen LogP) is 3.21. The van der Waals surface area contributed by atoms with Crippen LogP contribution in [0.2, 0.25) is 0 Å². The van der Waals surface area contributed by atoms with Crippen LogP contribution >= 0.6 is 0 Å². The molecule has 3 atom stereocenters. The molecule has 0 saturated heterocycles. The van der Waals surface area contributed by atoms with E-state index in [4.69, 9.17) is 10.5 Å². The third-order valence-electron chi connectivity index (χ3n) is 4.79. The van der Waals surface area contributed by atoms with Crippen LogP contribution in [0, 0.1) is 5.92 Å². The Morgan fingerprint density at radius 1 is 1.40 bits per heavy atom. The molecule has 3 unspecified atom stereocenters. The molecule has 0 heterocycles. The van der Waals surface area contributed by atoms with Crippen molar-refractivity contribution in [3.8, 4) is 5.75 Å². The molecular formula is C17H28N2O. The zero-order valence-electron chi connectivity index (χ0n) is 13.0. The zero-order valence-corrected chi connectivity index (χ0v) is 13.0. The topological polar surface area (TPSA) is 38.5 Å². The first-order valence-electron chi connectivity index (χ1n) is 7.81. The number of ether oxygens (including phenoxy) is 1. The van der Waals surface area contributed by atoms with Gasteiger partial charge in [0.25, 0.3) is 0 Å². The van der Waals surface area contributed by atoms with E-state index in [9.17, 15) is 0 Å². The largest absolute Gasteiger partial charge is 0.497 e. The lowest BCUT2D eigenvalue weighted by Crippen LogP contribution is -2.41. The van der Waals surface area contributed by atoms with Crippen molar-refractivity contribution in [2.45, 2.75) is 45.2 Å². The number of rotatable bonds is 6. The van der Waals surface area contributed by atoms with E-state index in [2.05, 4.69) is 36.9 Å². The summed E-state index contributed by atoms with van der Waals surface area (Å²) in [6.45, 7) is 6.43. The normalized spacial score (nSPS) is 24.1. The Labute approximate surface area is 123 Å². The molecule has 0 bridgehead atoms. The molecule has 0 amide bonds. The van der Waals surface area contributed by atoms with Gasteiger partial charge in [-0.2, -0.15) is 0 Å². The maximum atomic E-state index is 5.95. The number of hydrogen-bond donors (Lipinski definition) is 1. The Bertz CT molecular complexity index is 421. The second kappa shape index (κ2) is 7.09. The van der Waals surface area contributed by atoms with Gasteiger partial charge in [0.1, 0.15) is 5.75 Å². The first-order chi connectivity index (χ1) is 9.71. The minimum absolute atomic E-state index is 0.409. The summed E-state index contributed by atoms with van der Waals surface area (Å²) in [6.07, 6.45) is 3.88. The third kappa shape index (κ3) is 3.15. The molecule has 0 aliphatic heterocycles. The fraction of sp³-hybridized carbons (Fsp3) is 0.647. The highest BCUT2D eigenvalue weighted by Gasteiger charge is 2.33. The monoisotopic (exact) mass is 276 g/mol. The zero-order chi connectivity index (χ0) is 14.5. The van der Waals surface area contributed by atoms with Crippen molar-refractivity contribution in [2.75, 3.05) is 20.2 Å². The second-order valence-corrected chi connectivity index (χ2v) is 5.78. The molecule has 3 nitrogen and oxygen atoms in total. The number of nitrogens with zero attached hydrogens (tertiary/aromatic N) is 1. The highest BCUT2D eigenvalue weighted by molar-refractivity contribution is 5.30. The molecule has 0 spiro atoms. The van der Waals surface area contributed by atoms with Crippen LogP contribution in [0.5, 0.6) is 5.75 Å². The van der Waals surface area contributed by atoms with Crippen LogP contribution in [0.4, 0.5) is 0 Å². The number of methoxy groups -OCH3 is 1. The lowest BCUT2D eigenvalue weighted by atomic mass is 9.98. The van der Waals surface area contributed by atoms with Crippen molar-refractivity contribution in [3.63, 3.8) is 0 Å². The Morgan fingerprint density at radius 3 is 2.85 bits per heavy atom. The van der Waals surface area contributed by atoms with Gasteiger partial charge in [-0.25, -0.2) is 0 Å². The van der Waals surface area contributed by atoms with Crippen LogP contribution in [0.1, 0.15) is 44.7 Å². The molecule has 0 aromatic heterocycles. The number of benzene rings is 1. The molecule has 0 radical (unpaired) electrons. The van der Waals surface area contributed by atoms with Gasteiger partial charge in [0.15, 0.2) is 0 Å². The van der Waals surface area contributed by atoms with Crippen LogP contribution in [0.3, 0.4) is 0 Å². The highest BCUT2D eigenvalue weighted by atomic mass is 16.5. The summed E-state index contributed by atoms with van der Waals surface area (Å²) >= 11 is 0. The van der Waals surface area contributed by atoms with E-state index in [-0.39, 0.29) is 0 Å². The lowest BCUT2D eigenvalue weighted by Gasteiger charge is -2.37. The first kappa shape index (κ1) is 15.3. The van der Waals surface area contributed by atoms with E-state index in [0.717, 1.165) is 18.8 Å². The lowest BCUT2D eigenvalue weighted by molar-refractivity contribution is 0.123. The summed E-state index contributed by atoms with van der Waals surface area (Å²) in [7, 11) is 1.72. The van der Waals surface area contributed by atoms with Crippen molar-refractivity contribution in [1.29, 1.82) is 0 Å². The van der Waals surface area contributed by atoms with E-state index in [1.807, 2.05) is 6.07 Å². The van der Waals surface area contributed by atoms with Crippen molar-refractivity contribution in [3.05, 3.63) is 29.8 Å². The quantitative estimate of drug-likeness (QED) is 0.867. The second-order valence-electron chi connectivity index (χ2n) is 5.78. The van der Waals surface area contributed by atoms with E-state index in [1.54, 1.807) is 7.11 Å². The van der Waals surface area contributed by atoms with Crippen LogP contribution in [0.25, 0.3) is 0 Å². The summed E-state index contributed by atoms with van der Waals surface area (Å²) in [6, 6.07) is 9.47. The Kier molecular flexibility index (Phi) is 5.44. The van der Waals surface area contributed by atoms with Gasteiger partial charge >= 0.3 is 0 Å². The van der Waals surface area contributed by atoms with Crippen molar-refractivity contribution < 1.29 is 4.74 Å². The summed E-state index contributed by atoms with van der Waals surface area (Å²) < 4.78 is 5.35. The minimum atomic E-state index is 0.409. The maximum absolute atomic E-state index is 5.95. The molecule has 1 aliphatic carbocycles. The fourth-order valence-electron chi connectivity index (χ4n) is 3.62. The molecule has 1 saturated carbocycles. The summed E-state index contributed by atoms with van der Waals surface area (Å²) in [4.78, 5) is 2.61. The Morgan fingerprint density at radius 2 is 2.20 bits per heavy atom. The van der Waals surface area contributed by atoms with Crippen molar-refractivity contribution >= 4 is 0 Å². The molecule has 2 rings (SSSR count). The number of nitrogens with two attached hydrogens (primary N) is 1. The van der Waals surface area contributed by atoms with Crippen molar-refractivity contribution in [2.24, 2.45) is 11.7 Å². The van der Waals surface area contributed by atoms with Crippen LogP contribution in [0.15, 0.2) is 24.3 Å². The van der Waals surface area contributed by atoms with Crippen molar-refractivity contribution in [1.82, 2.24) is 4.90 Å². The molecular weight excluding hydrogens is 248 g/mol. The molecule has 20 heavy (non-hydrogen) atoms. The standard InChI is InChI=1S/C17H28N2O/c1-4-19(17-10-6-8-15(17)12-18)13(2)14-7-5-9-16(11-14)20-3/h5,7,9,11,13,15,17H,4,6,8,10,12,18H2,1-3H3. The molecule has 1 aliphatic rings. The van der Waals surface area contributed by atoms with E-state index in [0.29, 0.717) is 18.0 Å². The minimum Gasteiger partial charge on any atom is -0.497 e. The SMILES string of the molecule is CCN(C(C)c1cccc(OC)c1)C1CCCC1CN. The summed E-state index contributed by atoms with van der Waals surface area (Å²) in [5.41, 5.74) is 7.28. The maximum Gasteiger partial charge on any atom is 0.119 e. The fourth-order valence-corrected chi connectivity index (χ4v) is 3.62. The van der Waals surface area contributed by atoms with Gasteiger partial charge in [0.05, 0.1) is 7.11 Å². The predicted molar refractivity (Wildman–Crippen MR) is 84.0 cm³/mol. The molecule has 1 fully saturated rings. The number of hydrogen-bond acceptors (Lipinski definition) is 3. The summed E-state index contributed by atoms with van der Waals surface area (Å²) in [5.74, 6) is 1.59. The third-order valence-corrected chi connectivity index (χ3v) is 4.79. The molecule has 2 N–H and O–H groups in total. The van der Waals surface area contributed by atoms with Crippen LogP contribution in [-0.4, -0.2) is 31.1 Å². The van der Waals surface area contributed by atoms with Gasteiger partial charge in [0, 0.05) is 12.1 Å². The highest BCUT2D eigenvalue weighted by Crippen LogP contribution is 2.34. The van der Waals surface area contributed by atoms with Crippen LogP contribution in [-0.2, 0) is 0 Å². The molecule has 3 heteroatoms. The average Bonchev–Trinajstić information content (AvgIpc) is 2.96. The average molecular weight is 276 g/mol. The molecule has 1 aromatic rings. The van der Waals surface area contributed by atoms with Crippen LogP contribution < -0.4 is 10.5 Å². The van der Waals surface area contributed by atoms with Gasteiger partial charge in [-0.05, 0) is 56.5 Å². The molecule has 112 valence electrons. The molecule has 1 aromatic carbocycles. The smallest absolute Gasteiger partial charge is 0.119 e. The van der Waals surface area contributed by atoms with E-state index in [1.165, 1.54) is 24.8 Å². The Balaban J connectivity index is 2.17. The van der Waals surface area contributed by atoms with E-state index >= 15 is 0 Å². The van der Waals surface area contributed by atoms with Gasteiger partial charge < -0.3 is 10.5 Å². The van der Waals surface area contributed by atoms with E-state index < -0.39 is 0 Å². The van der Waals surface area contributed by atoms with Gasteiger partial charge in [-0.1, -0.05) is 25.5 Å². The summed E-state index contributed by atoms with van der Waals surface area (Å²) in [5, 5.41) is 0.